The minimum atomic E-state index is -4.47. The molecular formula is C12H10ClF3N2O. The van der Waals surface area contributed by atoms with Crippen LogP contribution in [0.4, 0.5) is 18.9 Å². The molecule has 1 fully saturated rings. The highest BCUT2D eigenvalue weighted by Crippen LogP contribution is 2.37. The summed E-state index contributed by atoms with van der Waals surface area (Å²) in [6.07, 6.45) is -6.43. The fourth-order valence-electron chi connectivity index (χ4n) is 2.06. The first-order valence-electron chi connectivity index (χ1n) is 5.50. The summed E-state index contributed by atoms with van der Waals surface area (Å²) in [5, 5.41) is 9.00. The summed E-state index contributed by atoms with van der Waals surface area (Å²) in [6.45, 7) is 1.72. The van der Waals surface area contributed by atoms with Crippen molar-refractivity contribution in [2.24, 2.45) is 0 Å². The highest BCUT2D eigenvalue weighted by Gasteiger charge is 2.48. The van der Waals surface area contributed by atoms with Crippen LogP contribution in [0.2, 0.25) is 5.02 Å². The van der Waals surface area contributed by atoms with Crippen molar-refractivity contribution < 1.29 is 17.9 Å². The van der Waals surface area contributed by atoms with Gasteiger partial charge in [0.15, 0.2) is 0 Å². The summed E-state index contributed by atoms with van der Waals surface area (Å²) in [5.74, 6) is 0. The van der Waals surface area contributed by atoms with E-state index in [4.69, 9.17) is 21.6 Å². The summed E-state index contributed by atoms with van der Waals surface area (Å²) in [5.41, 5.74) is 1.02. The molecule has 0 radical (unpaired) electrons. The van der Waals surface area contributed by atoms with Crippen molar-refractivity contribution in [3.8, 4) is 6.07 Å². The summed E-state index contributed by atoms with van der Waals surface area (Å²) >= 11 is 5.97. The summed E-state index contributed by atoms with van der Waals surface area (Å²) < 4.78 is 43.2. The number of rotatable bonds is 1. The molecule has 102 valence electrons. The van der Waals surface area contributed by atoms with Crippen LogP contribution in [0.3, 0.4) is 0 Å². The predicted molar refractivity (Wildman–Crippen MR) is 64.0 cm³/mol. The van der Waals surface area contributed by atoms with Crippen molar-refractivity contribution in [2.45, 2.75) is 19.3 Å². The predicted octanol–water partition coefficient (Wildman–Crippen LogP) is 3.25. The molecule has 0 saturated carbocycles. The van der Waals surface area contributed by atoms with Gasteiger partial charge in [-0.2, -0.15) is 18.4 Å². The minimum Gasteiger partial charge on any atom is -0.348 e. The third-order valence-corrected chi connectivity index (χ3v) is 3.45. The quantitative estimate of drug-likeness (QED) is 0.796. The van der Waals surface area contributed by atoms with Crippen molar-refractivity contribution in [3.05, 3.63) is 28.3 Å². The van der Waals surface area contributed by atoms with E-state index in [0.29, 0.717) is 11.3 Å². The summed E-state index contributed by atoms with van der Waals surface area (Å²) in [4.78, 5) is 1.11. The van der Waals surface area contributed by atoms with E-state index >= 15 is 0 Å². The molecule has 0 bridgehead atoms. The average Bonchev–Trinajstić information content (AvgIpc) is 2.81. The molecule has 1 saturated heterocycles. The number of hydrogen-bond acceptors (Lipinski definition) is 3. The minimum absolute atomic E-state index is 0.00123. The van der Waals surface area contributed by atoms with Gasteiger partial charge in [0.2, 0.25) is 6.23 Å². The number of nitriles is 1. The monoisotopic (exact) mass is 290 g/mol. The highest BCUT2D eigenvalue weighted by molar-refractivity contribution is 6.32. The lowest BCUT2D eigenvalue weighted by Gasteiger charge is -2.28. The lowest BCUT2D eigenvalue weighted by atomic mass is 10.1. The Kier molecular flexibility index (Phi) is 3.61. The molecule has 1 aromatic rings. The zero-order valence-corrected chi connectivity index (χ0v) is 10.7. The SMILES string of the molecule is Cc1c(N2CCO[C@@H]2C(F)(F)F)ccc(C#N)c1Cl. The van der Waals surface area contributed by atoms with E-state index in [1.54, 1.807) is 6.92 Å². The number of hydrogen-bond donors (Lipinski definition) is 0. The lowest BCUT2D eigenvalue weighted by Crippen LogP contribution is -2.42. The number of alkyl halides is 3. The van der Waals surface area contributed by atoms with Gasteiger partial charge >= 0.3 is 6.18 Å². The molecule has 0 unspecified atom stereocenters. The Balaban J connectivity index is 2.43. The van der Waals surface area contributed by atoms with Gasteiger partial charge in [0, 0.05) is 12.2 Å². The van der Waals surface area contributed by atoms with Crippen LogP contribution in [0, 0.1) is 18.3 Å². The number of benzene rings is 1. The number of anilines is 1. The van der Waals surface area contributed by atoms with E-state index in [-0.39, 0.29) is 23.7 Å². The van der Waals surface area contributed by atoms with Gasteiger partial charge in [-0.1, -0.05) is 11.6 Å². The topological polar surface area (TPSA) is 36.3 Å². The van der Waals surface area contributed by atoms with Crippen molar-refractivity contribution >= 4 is 17.3 Å². The van der Waals surface area contributed by atoms with Crippen LogP contribution in [-0.4, -0.2) is 25.6 Å². The zero-order chi connectivity index (χ0) is 14.2. The zero-order valence-electron chi connectivity index (χ0n) is 9.96. The maximum absolute atomic E-state index is 12.8. The Bertz CT molecular complexity index is 539. The standard InChI is InChI=1S/C12H10ClF3N2O/c1-7-9(3-2-8(6-17)10(7)13)18-4-5-19-11(18)12(14,15)16/h2-3,11H,4-5H2,1H3/t11-/m1/s1. The Morgan fingerprint density at radius 2 is 2.16 bits per heavy atom. The fourth-order valence-corrected chi connectivity index (χ4v) is 2.26. The second-order valence-corrected chi connectivity index (χ2v) is 4.52. The second-order valence-electron chi connectivity index (χ2n) is 4.14. The normalized spacial score (nSPS) is 19.6. The van der Waals surface area contributed by atoms with Crippen LogP contribution in [0.1, 0.15) is 11.1 Å². The average molecular weight is 291 g/mol. The smallest absolute Gasteiger partial charge is 0.348 e. The Hall–Kier alpha value is -1.45. The Morgan fingerprint density at radius 3 is 2.74 bits per heavy atom. The molecule has 19 heavy (non-hydrogen) atoms. The number of ether oxygens (including phenoxy) is 1. The molecule has 0 spiro atoms. The number of nitrogens with zero attached hydrogens (tertiary/aromatic N) is 2. The van der Waals surface area contributed by atoms with Crippen LogP contribution in [0.15, 0.2) is 12.1 Å². The highest BCUT2D eigenvalue weighted by atomic mass is 35.5. The second kappa shape index (κ2) is 4.91. The fraction of sp³-hybridized carbons (Fsp3) is 0.417. The van der Waals surface area contributed by atoms with Crippen molar-refractivity contribution in [1.29, 1.82) is 5.26 Å². The maximum Gasteiger partial charge on any atom is 0.433 e. The van der Waals surface area contributed by atoms with Crippen LogP contribution in [0.5, 0.6) is 0 Å². The van der Waals surface area contributed by atoms with Crippen LogP contribution >= 0.6 is 11.6 Å². The van der Waals surface area contributed by atoms with Crippen molar-refractivity contribution in [2.75, 3.05) is 18.1 Å². The number of halogens is 4. The van der Waals surface area contributed by atoms with Gasteiger partial charge in [-0.05, 0) is 24.6 Å². The van der Waals surface area contributed by atoms with Gasteiger partial charge in [-0.25, -0.2) is 0 Å². The first-order valence-corrected chi connectivity index (χ1v) is 5.88. The molecule has 1 atom stereocenters. The molecule has 3 nitrogen and oxygen atoms in total. The molecule has 7 heteroatoms. The molecule has 0 N–H and O–H groups in total. The molecule has 0 amide bonds. The summed E-state index contributed by atoms with van der Waals surface area (Å²) in [7, 11) is 0. The van der Waals surface area contributed by atoms with E-state index in [1.165, 1.54) is 12.1 Å². The van der Waals surface area contributed by atoms with Gasteiger partial charge < -0.3 is 9.64 Å². The van der Waals surface area contributed by atoms with E-state index in [9.17, 15) is 13.2 Å². The van der Waals surface area contributed by atoms with Gasteiger partial charge in [-0.3, -0.25) is 0 Å². The molecule has 0 aromatic heterocycles. The third kappa shape index (κ3) is 2.48. The molecule has 1 aromatic carbocycles. The first-order chi connectivity index (χ1) is 8.86. The molecule has 1 heterocycles. The lowest BCUT2D eigenvalue weighted by molar-refractivity contribution is -0.205. The van der Waals surface area contributed by atoms with E-state index in [2.05, 4.69) is 0 Å². The van der Waals surface area contributed by atoms with Gasteiger partial charge in [0.05, 0.1) is 17.2 Å². The van der Waals surface area contributed by atoms with Crippen LogP contribution in [-0.2, 0) is 4.74 Å². The van der Waals surface area contributed by atoms with E-state index in [0.717, 1.165) is 4.90 Å². The van der Waals surface area contributed by atoms with Crippen LogP contribution < -0.4 is 4.90 Å². The van der Waals surface area contributed by atoms with E-state index in [1.807, 2.05) is 6.07 Å². The first kappa shape index (κ1) is 14.0. The van der Waals surface area contributed by atoms with Crippen LogP contribution in [0.25, 0.3) is 0 Å². The van der Waals surface area contributed by atoms with E-state index < -0.39 is 12.4 Å². The Morgan fingerprint density at radius 1 is 1.47 bits per heavy atom. The van der Waals surface area contributed by atoms with Gasteiger partial charge in [-0.15, -0.1) is 0 Å². The van der Waals surface area contributed by atoms with Crippen molar-refractivity contribution in [3.63, 3.8) is 0 Å². The Labute approximate surface area is 113 Å². The summed E-state index contributed by atoms with van der Waals surface area (Å²) in [6, 6.07) is 4.77. The maximum atomic E-state index is 12.8. The van der Waals surface area contributed by atoms with Gasteiger partial charge in [0.25, 0.3) is 0 Å². The largest absolute Gasteiger partial charge is 0.433 e. The molecule has 1 aliphatic rings. The molecule has 0 aliphatic carbocycles. The van der Waals surface area contributed by atoms with Gasteiger partial charge in [0.1, 0.15) is 6.07 Å². The third-order valence-electron chi connectivity index (χ3n) is 2.96. The molecule has 1 aliphatic heterocycles. The van der Waals surface area contributed by atoms with Crippen molar-refractivity contribution in [1.82, 2.24) is 0 Å². The molecular weight excluding hydrogens is 281 g/mol. The molecule has 2 rings (SSSR count).